The molecule has 0 aromatic heterocycles. The third kappa shape index (κ3) is 2.86. The van der Waals surface area contributed by atoms with Gasteiger partial charge in [0.05, 0.1) is 6.10 Å². The highest BCUT2D eigenvalue weighted by atomic mass is 16.4. The predicted molar refractivity (Wildman–Crippen MR) is 41.1 cm³/mol. The Labute approximate surface area is 66.0 Å². The van der Waals surface area contributed by atoms with Crippen LogP contribution in [0, 0.1) is 5.92 Å². The zero-order valence-electron chi connectivity index (χ0n) is 6.82. The topological polar surface area (TPSA) is 83.5 Å². The molecule has 0 saturated carbocycles. The van der Waals surface area contributed by atoms with Crippen LogP contribution in [-0.2, 0) is 4.79 Å². The van der Waals surface area contributed by atoms with Gasteiger partial charge in [-0.15, -0.1) is 0 Å². The van der Waals surface area contributed by atoms with E-state index in [1.54, 1.807) is 13.8 Å². The second kappa shape index (κ2) is 4.31. The number of nitrogens with two attached hydrogens (primary N) is 1. The maximum absolute atomic E-state index is 10.3. The summed E-state index contributed by atoms with van der Waals surface area (Å²) >= 11 is 0. The van der Waals surface area contributed by atoms with E-state index in [2.05, 4.69) is 0 Å². The summed E-state index contributed by atoms with van der Waals surface area (Å²) in [4.78, 5) is 10.3. The molecule has 3 atom stereocenters. The maximum Gasteiger partial charge on any atom is 0.320 e. The van der Waals surface area contributed by atoms with E-state index in [1.165, 1.54) is 0 Å². The summed E-state index contributed by atoms with van der Waals surface area (Å²) in [7, 11) is 0. The average Bonchev–Trinajstić information content (AvgIpc) is 2.00. The summed E-state index contributed by atoms with van der Waals surface area (Å²) < 4.78 is 0. The van der Waals surface area contributed by atoms with E-state index in [0.29, 0.717) is 6.42 Å². The fourth-order valence-electron chi connectivity index (χ4n) is 0.836. The average molecular weight is 161 g/mol. The first-order valence-electron chi connectivity index (χ1n) is 3.67. The molecule has 4 nitrogen and oxygen atoms in total. The first-order valence-corrected chi connectivity index (χ1v) is 3.67. The van der Waals surface area contributed by atoms with Crippen LogP contribution in [0.15, 0.2) is 0 Å². The monoisotopic (exact) mass is 161 g/mol. The van der Waals surface area contributed by atoms with E-state index >= 15 is 0 Å². The standard InChI is InChI=1S/C7H15NO3/c1-3-5(9)4(2)6(8)7(10)11/h4-6,9H,3,8H2,1-2H3,(H,10,11)/t4-,5-,6+/m0/s1. The predicted octanol–water partition coefficient (Wildman–Crippen LogP) is -0.195. The number of aliphatic hydroxyl groups excluding tert-OH is 1. The van der Waals surface area contributed by atoms with E-state index in [4.69, 9.17) is 10.8 Å². The van der Waals surface area contributed by atoms with Crippen molar-refractivity contribution in [3.05, 3.63) is 0 Å². The van der Waals surface area contributed by atoms with E-state index in [9.17, 15) is 9.90 Å². The zero-order valence-corrected chi connectivity index (χ0v) is 6.82. The molecule has 0 spiro atoms. The second-order valence-electron chi connectivity index (χ2n) is 2.70. The molecule has 0 amide bonds. The lowest BCUT2D eigenvalue weighted by atomic mass is 9.95. The number of aliphatic carboxylic acids is 1. The number of carboxylic acids is 1. The van der Waals surface area contributed by atoms with Gasteiger partial charge in [-0.1, -0.05) is 13.8 Å². The van der Waals surface area contributed by atoms with Crippen molar-refractivity contribution in [2.24, 2.45) is 11.7 Å². The van der Waals surface area contributed by atoms with E-state index in [0.717, 1.165) is 0 Å². The molecule has 4 heteroatoms. The number of aliphatic hydroxyl groups is 1. The lowest BCUT2D eigenvalue weighted by Gasteiger charge is -2.20. The lowest BCUT2D eigenvalue weighted by molar-refractivity contribution is -0.140. The Morgan fingerprint density at radius 1 is 1.64 bits per heavy atom. The van der Waals surface area contributed by atoms with Crippen molar-refractivity contribution >= 4 is 5.97 Å². The van der Waals surface area contributed by atoms with Crippen LogP contribution in [0.2, 0.25) is 0 Å². The molecule has 4 N–H and O–H groups in total. The molecular weight excluding hydrogens is 146 g/mol. The van der Waals surface area contributed by atoms with Crippen molar-refractivity contribution in [3.63, 3.8) is 0 Å². The molecule has 0 bridgehead atoms. The Morgan fingerprint density at radius 2 is 2.09 bits per heavy atom. The summed E-state index contributed by atoms with van der Waals surface area (Å²) in [6, 6.07) is -0.968. The quantitative estimate of drug-likeness (QED) is 0.533. The van der Waals surface area contributed by atoms with Crippen molar-refractivity contribution in [1.82, 2.24) is 0 Å². The van der Waals surface area contributed by atoms with Crippen molar-refractivity contribution in [1.29, 1.82) is 0 Å². The summed E-state index contributed by atoms with van der Waals surface area (Å²) in [6.07, 6.45) is -0.0941. The summed E-state index contributed by atoms with van der Waals surface area (Å²) in [5.74, 6) is -1.46. The Kier molecular flexibility index (Phi) is 4.07. The number of carbonyl (C=O) groups is 1. The molecule has 0 aliphatic carbocycles. The van der Waals surface area contributed by atoms with Crippen LogP contribution < -0.4 is 5.73 Å². The number of rotatable bonds is 4. The van der Waals surface area contributed by atoms with Gasteiger partial charge in [-0.2, -0.15) is 0 Å². The molecule has 0 aromatic carbocycles. The molecule has 0 aromatic rings. The third-order valence-electron chi connectivity index (χ3n) is 1.88. The molecular formula is C7H15NO3. The van der Waals surface area contributed by atoms with Crippen molar-refractivity contribution in [3.8, 4) is 0 Å². The first kappa shape index (κ1) is 10.4. The molecule has 0 unspecified atom stereocenters. The van der Waals surface area contributed by atoms with Gasteiger partial charge < -0.3 is 15.9 Å². The van der Waals surface area contributed by atoms with Gasteiger partial charge in [-0.25, -0.2) is 0 Å². The van der Waals surface area contributed by atoms with Gasteiger partial charge in [0.2, 0.25) is 0 Å². The molecule has 0 aliphatic rings. The Balaban J connectivity index is 4.00. The largest absolute Gasteiger partial charge is 0.480 e. The Bertz CT molecular complexity index is 138. The highest BCUT2D eigenvalue weighted by Crippen LogP contribution is 2.09. The molecule has 0 saturated heterocycles. The minimum atomic E-state index is -1.06. The van der Waals surface area contributed by atoms with Crippen molar-refractivity contribution < 1.29 is 15.0 Å². The van der Waals surface area contributed by atoms with Crippen LogP contribution in [0.4, 0.5) is 0 Å². The Morgan fingerprint density at radius 3 is 2.36 bits per heavy atom. The Hall–Kier alpha value is -0.610. The van der Waals surface area contributed by atoms with Gasteiger partial charge in [0.15, 0.2) is 0 Å². The SMILES string of the molecule is CC[C@H](O)[C@H](C)[C@@H](N)C(=O)O. The molecule has 0 rings (SSSR count). The van der Waals surface area contributed by atoms with Crippen LogP contribution in [0.1, 0.15) is 20.3 Å². The third-order valence-corrected chi connectivity index (χ3v) is 1.88. The number of carboxylic acid groups (broad SMARTS) is 1. The molecule has 11 heavy (non-hydrogen) atoms. The van der Waals surface area contributed by atoms with Crippen LogP contribution >= 0.6 is 0 Å². The van der Waals surface area contributed by atoms with Gasteiger partial charge in [0.1, 0.15) is 6.04 Å². The smallest absolute Gasteiger partial charge is 0.320 e. The molecule has 0 aliphatic heterocycles. The van der Waals surface area contributed by atoms with Gasteiger partial charge >= 0.3 is 5.97 Å². The lowest BCUT2D eigenvalue weighted by Crippen LogP contribution is -2.41. The summed E-state index contributed by atoms with van der Waals surface area (Å²) in [5, 5.41) is 17.7. The fourth-order valence-corrected chi connectivity index (χ4v) is 0.836. The van der Waals surface area contributed by atoms with Crippen molar-refractivity contribution in [2.75, 3.05) is 0 Å². The summed E-state index contributed by atoms with van der Waals surface area (Å²) in [6.45, 7) is 3.42. The minimum Gasteiger partial charge on any atom is -0.480 e. The van der Waals surface area contributed by atoms with Gasteiger partial charge in [-0.05, 0) is 6.42 Å². The number of hydrogen-bond donors (Lipinski definition) is 3. The highest BCUT2D eigenvalue weighted by Gasteiger charge is 2.24. The number of hydrogen-bond acceptors (Lipinski definition) is 3. The molecule has 0 radical (unpaired) electrons. The molecule has 0 fully saturated rings. The van der Waals surface area contributed by atoms with Crippen LogP contribution in [0.3, 0.4) is 0 Å². The van der Waals surface area contributed by atoms with Crippen LogP contribution in [-0.4, -0.2) is 28.3 Å². The zero-order chi connectivity index (χ0) is 9.02. The second-order valence-corrected chi connectivity index (χ2v) is 2.70. The van der Waals surface area contributed by atoms with Gasteiger partial charge in [-0.3, -0.25) is 4.79 Å². The van der Waals surface area contributed by atoms with E-state index < -0.39 is 24.0 Å². The maximum atomic E-state index is 10.3. The summed E-state index contributed by atoms with van der Waals surface area (Å²) in [5.41, 5.74) is 5.28. The van der Waals surface area contributed by atoms with Gasteiger partial charge in [0, 0.05) is 5.92 Å². The van der Waals surface area contributed by atoms with Crippen LogP contribution in [0.5, 0.6) is 0 Å². The molecule has 0 heterocycles. The van der Waals surface area contributed by atoms with Crippen molar-refractivity contribution in [2.45, 2.75) is 32.4 Å². The highest BCUT2D eigenvalue weighted by molar-refractivity contribution is 5.73. The fraction of sp³-hybridized carbons (Fsp3) is 0.857. The van der Waals surface area contributed by atoms with E-state index in [-0.39, 0.29) is 0 Å². The first-order chi connectivity index (χ1) is 5.00. The van der Waals surface area contributed by atoms with Gasteiger partial charge in [0.25, 0.3) is 0 Å². The van der Waals surface area contributed by atoms with Crippen LogP contribution in [0.25, 0.3) is 0 Å². The minimum absolute atomic E-state index is 0.391. The molecule has 66 valence electrons. The normalized spacial score (nSPS) is 18.9. The van der Waals surface area contributed by atoms with E-state index in [1.807, 2.05) is 0 Å².